The van der Waals surface area contributed by atoms with E-state index in [2.05, 4.69) is 30.0 Å². The third-order valence-corrected chi connectivity index (χ3v) is 4.73. The lowest BCUT2D eigenvalue weighted by Gasteiger charge is -2.15. The molecular weight excluding hydrogens is 387 g/mol. The maximum atomic E-state index is 13.0. The topological polar surface area (TPSA) is 66.2 Å². The summed E-state index contributed by atoms with van der Waals surface area (Å²) in [6.07, 6.45) is 1.62. The molecule has 0 aliphatic heterocycles. The first-order valence-electron chi connectivity index (χ1n) is 9.43. The van der Waals surface area contributed by atoms with Crippen molar-refractivity contribution < 1.29 is 27.4 Å². The Morgan fingerprint density at radius 2 is 2.10 bits per heavy atom. The summed E-state index contributed by atoms with van der Waals surface area (Å²) in [7, 11) is 1.19. The van der Waals surface area contributed by atoms with Crippen LogP contribution in [0.4, 0.5) is 13.2 Å². The Kier molecular flexibility index (Phi) is 7.78. The summed E-state index contributed by atoms with van der Waals surface area (Å²) >= 11 is 0. The molecule has 0 N–H and O–H groups in total. The minimum Gasteiger partial charge on any atom is -0.464 e. The average molecular weight is 413 g/mol. The van der Waals surface area contributed by atoms with Crippen LogP contribution in [0.25, 0.3) is 11.0 Å². The van der Waals surface area contributed by atoms with Gasteiger partial charge in [0, 0.05) is 12.8 Å². The molecule has 2 aromatic heterocycles. The molecule has 0 fully saturated rings. The number of fused-ring (bicyclic) bond motifs is 1. The van der Waals surface area contributed by atoms with Crippen molar-refractivity contribution in [2.45, 2.75) is 58.9 Å². The van der Waals surface area contributed by atoms with E-state index < -0.39 is 18.1 Å². The normalized spacial score (nSPS) is 13.7. The number of nitrogens with zero attached hydrogens (tertiary/aromatic N) is 3. The zero-order chi connectivity index (χ0) is 21.6. The van der Waals surface area contributed by atoms with Gasteiger partial charge in [0.15, 0.2) is 11.3 Å². The van der Waals surface area contributed by atoms with Crippen molar-refractivity contribution in [3.8, 4) is 0 Å². The van der Waals surface area contributed by atoms with Crippen molar-refractivity contribution in [2.75, 3.05) is 13.7 Å². The molecule has 0 spiro atoms. The van der Waals surface area contributed by atoms with E-state index in [-0.39, 0.29) is 29.0 Å². The van der Waals surface area contributed by atoms with Gasteiger partial charge < -0.3 is 9.47 Å². The number of carbonyl (C=O) groups excluding carboxylic acids is 1. The highest BCUT2D eigenvalue weighted by molar-refractivity contribution is 6.01. The van der Waals surface area contributed by atoms with Crippen molar-refractivity contribution >= 4 is 17.0 Å². The van der Waals surface area contributed by atoms with Gasteiger partial charge in [0.25, 0.3) is 0 Å². The molecule has 0 saturated carbocycles. The van der Waals surface area contributed by atoms with Crippen molar-refractivity contribution in [1.29, 1.82) is 0 Å². The zero-order valence-electron chi connectivity index (χ0n) is 17.0. The highest BCUT2D eigenvalue weighted by Crippen LogP contribution is 2.35. The van der Waals surface area contributed by atoms with Crippen molar-refractivity contribution in [2.24, 2.45) is 0 Å². The molecule has 0 amide bonds. The van der Waals surface area contributed by atoms with Crippen molar-refractivity contribution in [1.82, 2.24) is 14.8 Å². The fraction of sp³-hybridized carbons (Fsp3) is 0.550. The summed E-state index contributed by atoms with van der Waals surface area (Å²) in [5, 5.41) is 4.35. The molecule has 0 aromatic carbocycles. The van der Waals surface area contributed by atoms with Crippen LogP contribution in [-0.4, -0.2) is 40.6 Å². The van der Waals surface area contributed by atoms with Gasteiger partial charge in [-0.1, -0.05) is 18.6 Å². The number of aromatic nitrogens is 3. The van der Waals surface area contributed by atoms with E-state index >= 15 is 0 Å². The number of pyridine rings is 1. The second-order valence-electron chi connectivity index (χ2n) is 6.83. The lowest BCUT2D eigenvalue weighted by atomic mass is 10.0. The molecule has 0 bridgehead atoms. The van der Waals surface area contributed by atoms with Gasteiger partial charge in [-0.05, 0) is 44.7 Å². The number of rotatable bonds is 9. The predicted molar refractivity (Wildman–Crippen MR) is 103 cm³/mol. The Morgan fingerprint density at radius 1 is 1.38 bits per heavy atom. The number of alkyl halides is 3. The number of halogens is 3. The van der Waals surface area contributed by atoms with Gasteiger partial charge >= 0.3 is 12.1 Å². The van der Waals surface area contributed by atoms with E-state index in [1.807, 2.05) is 0 Å². The highest BCUT2D eigenvalue weighted by atomic mass is 19.4. The van der Waals surface area contributed by atoms with Crippen LogP contribution in [-0.2, 0) is 16.2 Å². The molecule has 9 heteroatoms. The Balaban J connectivity index is 2.20. The third-order valence-electron chi connectivity index (χ3n) is 4.73. The standard InChI is InChI=1S/C20H26F3N3O3/c1-5-13(2)8-6-7-9-29-12-26-18-16(17(25-26)19(27)28-4)10-15(11-24-18)14(3)20(21,22)23/h8,10-11,14H,5-7,9,12H2,1-4H3/b13-8+. The Hall–Kier alpha value is -2.42. The number of carbonyl (C=O) groups is 1. The Morgan fingerprint density at radius 3 is 2.72 bits per heavy atom. The maximum absolute atomic E-state index is 13.0. The summed E-state index contributed by atoms with van der Waals surface area (Å²) in [4.78, 5) is 16.1. The van der Waals surface area contributed by atoms with Gasteiger partial charge in [0.2, 0.25) is 0 Å². The highest BCUT2D eigenvalue weighted by Gasteiger charge is 2.37. The number of ether oxygens (including phenoxy) is 2. The van der Waals surface area contributed by atoms with E-state index in [0.29, 0.717) is 6.61 Å². The fourth-order valence-electron chi connectivity index (χ4n) is 2.67. The largest absolute Gasteiger partial charge is 0.464 e. The molecular formula is C20H26F3N3O3. The summed E-state index contributed by atoms with van der Waals surface area (Å²) in [6.45, 7) is 5.72. The van der Waals surface area contributed by atoms with Gasteiger partial charge in [0.1, 0.15) is 6.73 Å². The third kappa shape index (κ3) is 5.79. The van der Waals surface area contributed by atoms with E-state index in [1.165, 1.54) is 23.4 Å². The van der Waals surface area contributed by atoms with Crippen LogP contribution in [0.15, 0.2) is 23.9 Å². The fourth-order valence-corrected chi connectivity index (χ4v) is 2.67. The lowest BCUT2D eigenvalue weighted by molar-refractivity contribution is -0.146. The molecule has 0 radical (unpaired) electrons. The molecule has 2 aromatic rings. The minimum atomic E-state index is -4.41. The maximum Gasteiger partial charge on any atom is 0.395 e. The van der Waals surface area contributed by atoms with Crippen LogP contribution < -0.4 is 0 Å². The average Bonchev–Trinajstić information content (AvgIpc) is 3.06. The van der Waals surface area contributed by atoms with E-state index in [1.54, 1.807) is 0 Å². The molecule has 1 unspecified atom stereocenters. The molecule has 2 heterocycles. The predicted octanol–water partition coefficient (Wildman–Crippen LogP) is 4.99. The number of allylic oxidation sites excluding steroid dienone is 2. The molecule has 0 aliphatic carbocycles. The van der Waals surface area contributed by atoms with Crippen LogP contribution in [0.2, 0.25) is 0 Å². The summed E-state index contributed by atoms with van der Waals surface area (Å²) in [6, 6.07) is 1.29. The molecule has 6 nitrogen and oxygen atoms in total. The zero-order valence-corrected chi connectivity index (χ0v) is 17.0. The minimum absolute atomic E-state index is 0.0329. The van der Waals surface area contributed by atoms with Gasteiger partial charge in [-0.25, -0.2) is 14.5 Å². The summed E-state index contributed by atoms with van der Waals surface area (Å²) in [5.74, 6) is -2.46. The first-order chi connectivity index (χ1) is 13.7. The second-order valence-corrected chi connectivity index (χ2v) is 6.83. The number of methoxy groups -OCH3 is 1. The molecule has 29 heavy (non-hydrogen) atoms. The van der Waals surface area contributed by atoms with Crippen LogP contribution in [0.3, 0.4) is 0 Å². The summed E-state index contributed by atoms with van der Waals surface area (Å²) < 4.78 is 50.8. The molecule has 0 saturated heterocycles. The SMILES string of the molecule is CC/C(C)=C/CCCOCn1nc(C(=O)OC)c2cc(C(C)C(F)(F)F)cnc21. The van der Waals surface area contributed by atoms with Gasteiger partial charge in [-0.15, -0.1) is 0 Å². The van der Waals surface area contributed by atoms with Gasteiger partial charge in [0.05, 0.1) is 18.4 Å². The smallest absolute Gasteiger partial charge is 0.395 e. The molecule has 1 atom stereocenters. The first kappa shape index (κ1) is 22.9. The number of hydrogen-bond acceptors (Lipinski definition) is 5. The van der Waals surface area contributed by atoms with E-state index in [9.17, 15) is 18.0 Å². The van der Waals surface area contributed by atoms with Crippen molar-refractivity contribution in [3.05, 3.63) is 35.2 Å². The van der Waals surface area contributed by atoms with Crippen LogP contribution >= 0.6 is 0 Å². The first-order valence-corrected chi connectivity index (χ1v) is 9.43. The molecule has 0 aliphatic rings. The van der Waals surface area contributed by atoms with Crippen LogP contribution in [0, 0.1) is 0 Å². The molecule has 2 rings (SSSR count). The monoisotopic (exact) mass is 413 g/mol. The quantitative estimate of drug-likeness (QED) is 0.329. The van der Waals surface area contributed by atoms with Gasteiger partial charge in [-0.2, -0.15) is 18.3 Å². The number of hydrogen-bond donors (Lipinski definition) is 0. The number of unbranched alkanes of at least 4 members (excludes halogenated alkanes) is 1. The summed E-state index contributed by atoms with van der Waals surface area (Å²) in [5.41, 5.74) is 1.45. The van der Waals surface area contributed by atoms with Gasteiger partial charge in [-0.3, -0.25) is 0 Å². The van der Waals surface area contributed by atoms with Crippen molar-refractivity contribution in [3.63, 3.8) is 0 Å². The van der Waals surface area contributed by atoms with E-state index in [0.717, 1.165) is 32.4 Å². The Bertz CT molecular complexity index is 875. The van der Waals surface area contributed by atoms with Crippen LogP contribution in [0.5, 0.6) is 0 Å². The Labute approximate surface area is 167 Å². The van der Waals surface area contributed by atoms with E-state index in [4.69, 9.17) is 9.47 Å². The van der Waals surface area contributed by atoms with Crippen LogP contribution in [0.1, 0.15) is 62.0 Å². The number of esters is 1. The lowest BCUT2D eigenvalue weighted by Crippen LogP contribution is -2.18. The second kappa shape index (κ2) is 9.87. The molecule has 160 valence electrons.